The van der Waals surface area contributed by atoms with Crippen LogP contribution in [0.3, 0.4) is 0 Å². The number of phosphoric ester groups is 1. The second kappa shape index (κ2) is 36.5. The SMILES string of the molecule is CC/C=C\C/C=C\C/C=C\C/C=C\CCCCC(=O)OC(COC(=O)CCCCCCC/C=C\CCCCCCC)COP(=O)(O)OCCN. The van der Waals surface area contributed by atoms with Gasteiger partial charge in [0, 0.05) is 19.4 Å². The first-order valence-electron chi connectivity index (χ1n) is 19.3. The minimum atomic E-state index is -4.39. The number of phosphoric acid groups is 1. The van der Waals surface area contributed by atoms with Gasteiger partial charge in [-0.05, 0) is 77.0 Å². The molecule has 0 saturated heterocycles. The van der Waals surface area contributed by atoms with E-state index < -0.39 is 32.5 Å². The molecule has 0 aliphatic heterocycles. The van der Waals surface area contributed by atoms with Gasteiger partial charge >= 0.3 is 19.8 Å². The Hall–Kier alpha value is -2.29. The van der Waals surface area contributed by atoms with Crippen LogP contribution in [0.25, 0.3) is 0 Å². The van der Waals surface area contributed by atoms with Crippen LogP contribution >= 0.6 is 7.82 Å². The smallest absolute Gasteiger partial charge is 0.462 e. The Labute approximate surface area is 304 Å². The summed E-state index contributed by atoms with van der Waals surface area (Å²) in [5, 5.41) is 0. The van der Waals surface area contributed by atoms with Crippen LogP contribution in [0.15, 0.2) is 60.8 Å². The number of unbranched alkanes of at least 4 members (excludes halogenated alkanes) is 12. The highest BCUT2D eigenvalue weighted by atomic mass is 31.2. The van der Waals surface area contributed by atoms with Gasteiger partial charge in [-0.2, -0.15) is 0 Å². The molecule has 0 aliphatic carbocycles. The van der Waals surface area contributed by atoms with E-state index in [1.165, 1.54) is 38.5 Å². The van der Waals surface area contributed by atoms with Crippen molar-refractivity contribution >= 4 is 19.8 Å². The lowest BCUT2D eigenvalue weighted by molar-refractivity contribution is -0.161. The van der Waals surface area contributed by atoms with Crippen LogP contribution in [-0.2, 0) is 32.7 Å². The molecule has 0 fully saturated rings. The lowest BCUT2D eigenvalue weighted by atomic mass is 10.1. The number of hydrogen-bond acceptors (Lipinski definition) is 8. The fraction of sp³-hybridized carbons (Fsp3) is 0.700. The van der Waals surface area contributed by atoms with Gasteiger partial charge in [-0.25, -0.2) is 4.57 Å². The quantitative estimate of drug-likeness (QED) is 0.0283. The zero-order valence-electron chi connectivity index (χ0n) is 31.4. The fourth-order valence-electron chi connectivity index (χ4n) is 4.79. The highest BCUT2D eigenvalue weighted by Gasteiger charge is 2.25. The highest BCUT2D eigenvalue weighted by Crippen LogP contribution is 2.43. The Bertz CT molecular complexity index is 1010. The maximum Gasteiger partial charge on any atom is 0.472 e. The van der Waals surface area contributed by atoms with Crippen LogP contribution in [0.2, 0.25) is 0 Å². The minimum absolute atomic E-state index is 0.0428. The van der Waals surface area contributed by atoms with Crippen molar-refractivity contribution in [2.45, 2.75) is 155 Å². The first-order valence-corrected chi connectivity index (χ1v) is 20.8. The Balaban J connectivity index is 4.32. The molecule has 0 aromatic rings. The molecule has 0 bridgehead atoms. The fourth-order valence-corrected chi connectivity index (χ4v) is 5.56. The number of nitrogens with two attached hydrogens (primary N) is 1. The number of rotatable bonds is 35. The normalized spacial score (nSPS) is 14.1. The molecule has 0 aromatic carbocycles. The molecule has 0 saturated carbocycles. The van der Waals surface area contributed by atoms with Crippen LogP contribution in [0, 0.1) is 0 Å². The summed E-state index contributed by atoms with van der Waals surface area (Å²) >= 11 is 0. The average Bonchev–Trinajstić information content (AvgIpc) is 3.10. The van der Waals surface area contributed by atoms with E-state index in [0.717, 1.165) is 70.6 Å². The second-order valence-electron chi connectivity index (χ2n) is 12.4. The van der Waals surface area contributed by atoms with Crippen LogP contribution < -0.4 is 5.73 Å². The monoisotopic (exact) mass is 723 g/mol. The van der Waals surface area contributed by atoms with Crippen molar-refractivity contribution in [3.63, 3.8) is 0 Å². The van der Waals surface area contributed by atoms with E-state index in [2.05, 4.69) is 74.6 Å². The molecule has 0 radical (unpaired) electrons. The van der Waals surface area contributed by atoms with Gasteiger partial charge in [-0.15, -0.1) is 0 Å². The van der Waals surface area contributed by atoms with E-state index in [9.17, 15) is 19.0 Å². The largest absolute Gasteiger partial charge is 0.472 e. The molecule has 2 unspecified atom stereocenters. The van der Waals surface area contributed by atoms with Crippen LogP contribution in [-0.4, -0.2) is 49.3 Å². The summed E-state index contributed by atoms with van der Waals surface area (Å²) in [4.78, 5) is 34.7. The standard InChI is InChI=1S/C40H70NO8P/c1-3-5-7-9-11-13-15-17-19-21-23-25-27-29-31-33-40(43)49-38(37-48-50(44,45)47-35-34-41)36-46-39(42)32-30-28-26-24-22-20-18-16-14-12-10-8-6-4-2/h5,7,11,13,16-19,23,25,38H,3-4,6,8-10,12,14-15,20-22,24,26-37,41H2,1-2H3,(H,44,45)/b7-5-,13-11-,18-16-,19-17-,25-23-. The number of allylic oxidation sites excluding steroid dienone is 10. The van der Waals surface area contributed by atoms with Gasteiger partial charge in [-0.3, -0.25) is 18.6 Å². The summed E-state index contributed by atoms with van der Waals surface area (Å²) in [7, 11) is -4.39. The van der Waals surface area contributed by atoms with Gasteiger partial charge in [0.15, 0.2) is 6.10 Å². The van der Waals surface area contributed by atoms with Gasteiger partial charge in [0.05, 0.1) is 13.2 Å². The summed E-state index contributed by atoms with van der Waals surface area (Å²) in [6.45, 7) is 3.52. The Kier molecular flexibility index (Phi) is 34.8. The number of esters is 2. The summed E-state index contributed by atoms with van der Waals surface area (Å²) in [5.41, 5.74) is 5.33. The number of ether oxygens (including phenoxy) is 2. The van der Waals surface area contributed by atoms with Crippen molar-refractivity contribution in [3.8, 4) is 0 Å². The zero-order chi connectivity index (χ0) is 36.8. The summed E-state index contributed by atoms with van der Waals surface area (Å²) < 4.78 is 32.6. The van der Waals surface area contributed by atoms with Gasteiger partial charge in [0.1, 0.15) is 6.61 Å². The topological polar surface area (TPSA) is 134 Å². The van der Waals surface area contributed by atoms with Gasteiger partial charge in [0.2, 0.25) is 0 Å². The molecule has 50 heavy (non-hydrogen) atoms. The number of hydrogen-bond donors (Lipinski definition) is 2. The lowest BCUT2D eigenvalue weighted by Crippen LogP contribution is -2.29. The van der Waals surface area contributed by atoms with Crippen molar-refractivity contribution in [2.24, 2.45) is 5.73 Å². The van der Waals surface area contributed by atoms with Crippen molar-refractivity contribution in [3.05, 3.63) is 60.8 Å². The third-order valence-electron chi connectivity index (χ3n) is 7.64. The summed E-state index contributed by atoms with van der Waals surface area (Å²) in [5.74, 6) is -0.894. The molecule has 9 nitrogen and oxygen atoms in total. The number of carbonyl (C=O) groups excluding carboxylic acids is 2. The lowest BCUT2D eigenvalue weighted by Gasteiger charge is -2.19. The first kappa shape index (κ1) is 47.7. The van der Waals surface area contributed by atoms with E-state index >= 15 is 0 Å². The molecular weight excluding hydrogens is 653 g/mol. The molecule has 10 heteroatoms. The van der Waals surface area contributed by atoms with Gasteiger partial charge in [0.25, 0.3) is 0 Å². The molecular formula is C40H70NO8P. The third kappa shape index (κ3) is 35.5. The van der Waals surface area contributed by atoms with Gasteiger partial charge < -0.3 is 20.1 Å². The average molecular weight is 724 g/mol. The predicted octanol–water partition coefficient (Wildman–Crippen LogP) is 10.5. The number of carbonyl (C=O) groups is 2. The minimum Gasteiger partial charge on any atom is -0.462 e. The highest BCUT2D eigenvalue weighted by molar-refractivity contribution is 7.47. The summed E-state index contributed by atoms with van der Waals surface area (Å²) in [6.07, 6.45) is 41.1. The van der Waals surface area contributed by atoms with Crippen molar-refractivity contribution in [1.29, 1.82) is 0 Å². The van der Waals surface area contributed by atoms with Gasteiger partial charge in [-0.1, -0.05) is 120 Å². The Morgan fingerprint density at radius 3 is 1.70 bits per heavy atom. The molecule has 0 amide bonds. The van der Waals surface area contributed by atoms with Crippen LogP contribution in [0.1, 0.15) is 149 Å². The van der Waals surface area contributed by atoms with Crippen LogP contribution in [0.5, 0.6) is 0 Å². The molecule has 0 aromatic heterocycles. The van der Waals surface area contributed by atoms with E-state index in [-0.39, 0.29) is 32.6 Å². The zero-order valence-corrected chi connectivity index (χ0v) is 32.3. The van der Waals surface area contributed by atoms with E-state index in [4.69, 9.17) is 24.3 Å². The van der Waals surface area contributed by atoms with Crippen molar-refractivity contribution < 1.29 is 37.6 Å². The third-order valence-corrected chi connectivity index (χ3v) is 8.62. The van der Waals surface area contributed by atoms with Crippen LogP contribution in [0.4, 0.5) is 0 Å². The molecule has 0 spiro atoms. The molecule has 3 N–H and O–H groups in total. The molecule has 0 heterocycles. The first-order chi connectivity index (χ1) is 24.3. The molecule has 288 valence electrons. The second-order valence-corrected chi connectivity index (χ2v) is 13.9. The predicted molar refractivity (Wildman–Crippen MR) is 206 cm³/mol. The molecule has 2 atom stereocenters. The van der Waals surface area contributed by atoms with Crippen molar-refractivity contribution in [2.75, 3.05) is 26.4 Å². The Morgan fingerprint density at radius 2 is 1.10 bits per heavy atom. The maximum atomic E-state index is 12.5. The molecule has 0 aliphatic rings. The van der Waals surface area contributed by atoms with Crippen molar-refractivity contribution in [1.82, 2.24) is 0 Å². The Morgan fingerprint density at radius 1 is 0.620 bits per heavy atom. The van der Waals surface area contributed by atoms with E-state index in [0.29, 0.717) is 12.8 Å². The van der Waals surface area contributed by atoms with E-state index in [1.54, 1.807) is 0 Å². The molecule has 0 rings (SSSR count). The van der Waals surface area contributed by atoms with E-state index in [1.807, 2.05) is 0 Å². The maximum absolute atomic E-state index is 12.5. The summed E-state index contributed by atoms with van der Waals surface area (Å²) in [6, 6.07) is 0.